The zero-order chi connectivity index (χ0) is 22.4. The maximum absolute atomic E-state index is 12.6. The highest BCUT2D eigenvalue weighted by atomic mass is 32.2. The first kappa shape index (κ1) is 22.0. The number of piperidine rings is 1. The van der Waals surface area contributed by atoms with Crippen LogP contribution in [0.5, 0.6) is 0 Å². The molecule has 168 valence electrons. The van der Waals surface area contributed by atoms with Crippen LogP contribution in [0.15, 0.2) is 58.5 Å². The third-order valence-corrected chi connectivity index (χ3v) is 7.11. The normalized spacial score (nSPS) is 15.5. The standard InChI is InChI=1S/C21H23N5O5S/c27-21(16-7-11-26(12-8-16)32(28,29)18-5-2-10-23-15-18)30-13-3-6-19-24-20(25-31-19)17-4-1-9-22-14-17/h1-2,4-5,9-10,14-16H,3,6-8,11-13H2. The van der Waals surface area contributed by atoms with Gasteiger partial charge in [0, 0.05) is 49.9 Å². The number of aryl methyl sites for hydroxylation is 1. The Hall–Kier alpha value is -3.18. The van der Waals surface area contributed by atoms with Gasteiger partial charge in [-0.05, 0) is 43.5 Å². The van der Waals surface area contributed by atoms with E-state index in [0.717, 1.165) is 5.56 Å². The van der Waals surface area contributed by atoms with E-state index < -0.39 is 10.0 Å². The van der Waals surface area contributed by atoms with Crippen LogP contribution in [0.25, 0.3) is 11.4 Å². The molecular formula is C21H23N5O5S. The van der Waals surface area contributed by atoms with Crippen LogP contribution in [-0.4, -0.2) is 58.5 Å². The SMILES string of the molecule is O=C(OCCCc1nc(-c2cccnc2)no1)C1CCN(S(=O)(=O)c2cccnc2)CC1. The predicted octanol–water partition coefficient (Wildman–Crippen LogP) is 2.10. The molecule has 11 heteroatoms. The van der Waals surface area contributed by atoms with Crippen molar-refractivity contribution in [2.24, 2.45) is 5.92 Å². The molecule has 0 saturated carbocycles. The lowest BCUT2D eigenvalue weighted by Gasteiger charge is -2.30. The van der Waals surface area contributed by atoms with Crippen molar-refractivity contribution in [3.8, 4) is 11.4 Å². The summed E-state index contributed by atoms with van der Waals surface area (Å²) in [4.78, 5) is 24.7. The number of nitrogens with zero attached hydrogens (tertiary/aromatic N) is 5. The minimum atomic E-state index is -3.59. The summed E-state index contributed by atoms with van der Waals surface area (Å²) in [5.74, 6) is 0.327. The van der Waals surface area contributed by atoms with Crippen molar-refractivity contribution in [2.45, 2.75) is 30.6 Å². The summed E-state index contributed by atoms with van der Waals surface area (Å²) in [6.45, 7) is 0.782. The lowest BCUT2D eigenvalue weighted by atomic mass is 9.98. The summed E-state index contributed by atoms with van der Waals surface area (Å²) in [6, 6.07) is 6.75. The van der Waals surface area contributed by atoms with Gasteiger partial charge in [-0.2, -0.15) is 9.29 Å². The van der Waals surface area contributed by atoms with Crippen molar-refractivity contribution < 1.29 is 22.5 Å². The molecular weight excluding hydrogens is 434 g/mol. The number of rotatable bonds is 8. The zero-order valence-electron chi connectivity index (χ0n) is 17.3. The van der Waals surface area contributed by atoms with Crippen LogP contribution in [0.4, 0.5) is 0 Å². The quantitative estimate of drug-likeness (QED) is 0.369. The van der Waals surface area contributed by atoms with E-state index in [4.69, 9.17) is 9.26 Å². The van der Waals surface area contributed by atoms with Crippen molar-refractivity contribution in [1.29, 1.82) is 0 Å². The van der Waals surface area contributed by atoms with E-state index in [1.54, 1.807) is 24.5 Å². The third-order valence-electron chi connectivity index (χ3n) is 5.23. The summed E-state index contributed by atoms with van der Waals surface area (Å²) in [5, 5.41) is 3.93. The minimum absolute atomic E-state index is 0.161. The largest absolute Gasteiger partial charge is 0.465 e. The van der Waals surface area contributed by atoms with Gasteiger partial charge >= 0.3 is 5.97 Å². The summed E-state index contributed by atoms with van der Waals surface area (Å²) in [7, 11) is -3.59. The molecule has 0 atom stereocenters. The number of sulfonamides is 1. The van der Waals surface area contributed by atoms with Gasteiger partial charge in [0.25, 0.3) is 0 Å². The Morgan fingerprint density at radius 2 is 1.88 bits per heavy atom. The molecule has 1 aliphatic rings. The van der Waals surface area contributed by atoms with Crippen molar-refractivity contribution in [3.05, 3.63) is 54.9 Å². The number of hydrogen-bond donors (Lipinski definition) is 0. The highest BCUT2D eigenvalue weighted by Gasteiger charge is 2.32. The number of aromatic nitrogens is 4. The summed E-state index contributed by atoms with van der Waals surface area (Å²) in [5.41, 5.74) is 0.769. The van der Waals surface area contributed by atoms with Crippen LogP contribution < -0.4 is 0 Å². The number of ether oxygens (including phenoxy) is 1. The Morgan fingerprint density at radius 1 is 1.12 bits per heavy atom. The zero-order valence-corrected chi connectivity index (χ0v) is 18.1. The molecule has 0 spiro atoms. The van der Waals surface area contributed by atoms with Crippen LogP contribution in [0.1, 0.15) is 25.2 Å². The molecule has 0 amide bonds. The van der Waals surface area contributed by atoms with E-state index in [0.29, 0.717) is 37.4 Å². The number of esters is 1. The lowest BCUT2D eigenvalue weighted by Crippen LogP contribution is -2.40. The van der Waals surface area contributed by atoms with Gasteiger partial charge < -0.3 is 9.26 Å². The first-order chi connectivity index (χ1) is 15.5. The van der Waals surface area contributed by atoms with Crippen LogP contribution in [-0.2, 0) is 26.0 Å². The maximum atomic E-state index is 12.6. The number of carbonyl (C=O) groups is 1. The molecule has 0 aromatic carbocycles. The Bertz CT molecular complexity index is 1130. The van der Waals surface area contributed by atoms with E-state index in [-0.39, 0.29) is 36.5 Å². The monoisotopic (exact) mass is 457 g/mol. The molecule has 1 saturated heterocycles. The topological polar surface area (TPSA) is 128 Å². The second-order valence-electron chi connectivity index (χ2n) is 7.39. The van der Waals surface area contributed by atoms with E-state index in [1.807, 2.05) is 6.07 Å². The first-order valence-electron chi connectivity index (χ1n) is 10.3. The molecule has 0 bridgehead atoms. The summed E-state index contributed by atoms with van der Waals surface area (Å²) >= 11 is 0. The molecule has 0 aliphatic carbocycles. The van der Waals surface area contributed by atoms with Gasteiger partial charge in [0.1, 0.15) is 4.90 Å². The Balaban J connectivity index is 1.19. The number of pyridine rings is 2. The number of hydrogen-bond acceptors (Lipinski definition) is 9. The van der Waals surface area contributed by atoms with E-state index >= 15 is 0 Å². The van der Waals surface area contributed by atoms with Crippen molar-refractivity contribution in [1.82, 2.24) is 24.4 Å². The number of carbonyl (C=O) groups excluding carboxylic acids is 1. The van der Waals surface area contributed by atoms with Gasteiger partial charge in [-0.3, -0.25) is 14.8 Å². The molecule has 0 N–H and O–H groups in total. The molecule has 0 radical (unpaired) electrons. The molecule has 4 rings (SSSR count). The van der Waals surface area contributed by atoms with Crippen LogP contribution in [0.3, 0.4) is 0 Å². The van der Waals surface area contributed by atoms with Gasteiger partial charge in [-0.25, -0.2) is 8.42 Å². The van der Waals surface area contributed by atoms with E-state index in [1.165, 1.54) is 22.8 Å². The Morgan fingerprint density at radius 3 is 2.56 bits per heavy atom. The molecule has 1 fully saturated rings. The second-order valence-corrected chi connectivity index (χ2v) is 9.33. The average Bonchev–Trinajstić information content (AvgIpc) is 3.32. The third kappa shape index (κ3) is 5.17. The van der Waals surface area contributed by atoms with Gasteiger partial charge in [-0.1, -0.05) is 5.16 Å². The first-order valence-corrected chi connectivity index (χ1v) is 11.8. The van der Waals surface area contributed by atoms with Crippen LogP contribution in [0, 0.1) is 5.92 Å². The molecule has 3 aromatic rings. The summed E-state index contributed by atoms with van der Waals surface area (Å²) in [6.07, 6.45) is 8.08. The van der Waals surface area contributed by atoms with Crippen LogP contribution >= 0.6 is 0 Å². The van der Waals surface area contributed by atoms with Crippen molar-refractivity contribution in [2.75, 3.05) is 19.7 Å². The molecule has 1 aliphatic heterocycles. The Kier molecular flexibility index (Phi) is 6.86. The minimum Gasteiger partial charge on any atom is -0.465 e. The summed E-state index contributed by atoms with van der Waals surface area (Å²) < 4.78 is 37.3. The van der Waals surface area contributed by atoms with E-state index in [9.17, 15) is 13.2 Å². The highest BCUT2D eigenvalue weighted by Crippen LogP contribution is 2.24. The van der Waals surface area contributed by atoms with Gasteiger partial charge in [0.15, 0.2) is 0 Å². The smallest absolute Gasteiger partial charge is 0.309 e. The molecule has 4 heterocycles. The lowest BCUT2D eigenvalue weighted by molar-refractivity contribution is -0.149. The van der Waals surface area contributed by atoms with Crippen molar-refractivity contribution >= 4 is 16.0 Å². The highest BCUT2D eigenvalue weighted by molar-refractivity contribution is 7.89. The molecule has 10 nitrogen and oxygen atoms in total. The Labute approximate surface area is 185 Å². The van der Waals surface area contributed by atoms with Gasteiger partial charge in [-0.15, -0.1) is 0 Å². The maximum Gasteiger partial charge on any atom is 0.309 e. The van der Waals surface area contributed by atoms with Gasteiger partial charge in [0.05, 0.1) is 12.5 Å². The van der Waals surface area contributed by atoms with Crippen LogP contribution in [0.2, 0.25) is 0 Å². The fourth-order valence-electron chi connectivity index (χ4n) is 3.46. The molecule has 0 unspecified atom stereocenters. The average molecular weight is 458 g/mol. The van der Waals surface area contributed by atoms with Crippen molar-refractivity contribution in [3.63, 3.8) is 0 Å². The fourth-order valence-corrected chi connectivity index (χ4v) is 4.90. The van der Waals surface area contributed by atoms with Gasteiger partial charge in [0.2, 0.25) is 21.7 Å². The molecule has 3 aromatic heterocycles. The fraction of sp³-hybridized carbons (Fsp3) is 0.381. The van der Waals surface area contributed by atoms with E-state index in [2.05, 4.69) is 20.1 Å². The predicted molar refractivity (Wildman–Crippen MR) is 113 cm³/mol. The second kappa shape index (κ2) is 9.96. The molecule has 32 heavy (non-hydrogen) atoms.